The van der Waals surface area contributed by atoms with Crippen molar-refractivity contribution < 1.29 is 4.39 Å². The molecular formula is C18H14FN5. The van der Waals surface area contributed by atoms with Gasteiger partial charge in [0.15, 0.2) is 5.65 Å². The lowest BCUT2D eigenvalue weighted by molar-refractivity contribution is 0.628. The molecule has 118 valence electrons. The fourth-order valence-electron chi connectivity index (χ4n) is 2.51. The summed E-state index contributed by atoms with van der Waals surface area (Å²) >= 11 is 0. The van der Waals surface area contributed by atoms with Gasteiger partial charge in [-0.15, -0.1) is 5.10 Å². The molecule has 0 unspecified atom stereocenters. The fourth-order valence-corrected chi connectivity index (χ4v) is 2.51. The van der Waals surface area contributed by atoms with E-state index in [0.717, 1.165) is 16.8 Å². The van der Waals surface area contributed by atoms with Gasteiger partial charge in [0.05, 0.1) is 11.4 Å². The van der Waals surface area contributed by atoms with Crippen LogP contribution in [0.2, 0.25) is 0 Å². The van der Waals surface area contributed by atoms with Crippen LogP contribution < -0.4 is 11.1 Å². The highest BCUT2D eigenvalue weighted by Crippen LogP contribution is 2.23. The molecule has 0 bridgehead atoms. The number of rotatable bonds is 3. The van der Waals surface area contributed by atoms with Crippen LogP contribution in [0.3, 0.4) is 0 Å². The van der Waals surface area contributed by atoms with Crippen LogP contribution in [0.1, 0.15) is 0 Å². The average molecular weight is 319 g/mol. The number of halogens is 1. The van der Waals surface area contributed by atoms with Gasteiger partial charge in [0.1, 0.15) is 5.82 Å². The maximum atomic E-state index is 13.4. The Morgan fingerprint density at radius 3 is 2.67 bits per heavy atom. The van der Waals surface area contributed by atoms with Gasteiger partial charge in [0.2, 0.25) is 5.95 Å². The number of hydrogen-bond donors (Lipinski definition) is 2. The fraction of sp³-hybridized carbons (Fsp3) is 0. The first-order chi connectivity index (χ1) is 11.7. The van der Waals surface area contributed by atoms with E-state index in [-0.39, 0.29) is 5.82 Å². The van der Waals surface area contributed by atoms with E-state index in [1.165, 1.54) is 12.1 Å². The first-order valence-corrected chi connectivity index (χ1v) is 7.43. The zero-order valence-corrected chi connectivity index (χ0v) is 12.6. The highest BCUT2D eigenvalue weighted by atomic mass is 19.1. The van der Waals surface area contributed by atoms with Gasteiger partial charge in [-0.25, -0.2) is 8.91 Å². The predicted molar refractivity (Wildman–Crippen MR) is 92.5 cm³/mol. The summed E-state index contributed by atoms with van der Waals surface area (Å²) < 4.78 is 15.0. The molecule has 0 aliphatic rings. The van der Waals surface area contributed by atoms with Gasteiger partial charge in [0.25, 0.3) is 0 Å². The lowest BCUT2D eigenvalue weighted by atomic mass is 10.1. The van der Waals surface area contributed by atoms with Gasteiger partial charge in [-0.1, -0.05) is 24.3 Å². The number of benzene rings is 2. The number of nitrogens with one attached hydrogen (secondary N) is 1. The summed E-state index contributed by atoms with van der Waals surface area (Å²) in [6.45, 7) is 0. The van der Waals surface area contributed by atoms with Crippen LogP contribution in [0.5, 0.6) is 0 Å². The van der Waals surface area contributed by atoms with Crippen molar-refractivity contribution in [3.63, 3.8) is 0 Å². The molecule has 0 atom stereocenters. The lowest BCUT2D eigenvalue weighted by Gasteiger charge is -2.04. The van der Waals surface area contributed by atoms with Crippen molar-refractivity contribution in [2.24, 2.45) is 0 Å². The number of pyridine rings is 1. The summed E-state index contributed by atoms with van der Waals surface area (Å²) in [5.41, 5.74) is 9.62. The van der Waals surface area contributed by atoms with E-state index < -0.39 is 0 Å². The molecular weight excluding hydrogens is 305 g/mol. The zero-order valence-electron chi connectivity index (χ0n) is 12.6. The van der Waals surface area contributed by atoms with Gasteiger partial charge in [-0.05, 0) is 42.0 Å². The third-order valence-electron chi connectivity index (χ3n) is 3.70. The summed E-state index contributed by atoms with van der Waals surface area (Å²) in [4.78, 5) is 4.41. The van der Waals surface area contributed by atoms with Gasteiger partial charge in [-0.2, -0.15) is 4.98 Å². The largest absolute Gasteiger partial charge is 0.397 e. The van der Waals surface area contributed by atoms with E-state index in [1.807, 2.05) is 42.6 Å². The minimum absolute atomic E-state index is 0.270. The van der Waals surface area contributed by atoms with E-state index in [4.69, 9.17) is 5.73 Å². The third-order valence-corrected chi connectivity index (χ3v) is 3.70. The molecule has 3 N–H and O–H groups in total. The number of hydrogen-bond acceptors (Lipinski definition) is 4. The van der Waals surface area contributed by atoms with Crippen LogP contribution in [-0.4, -0.2) is 14.6 Å². The minimum Gasteiger partial charge on any atom is -0.397 e. The normalized spacial score (nSPS) is 10.9. The van der Waals surface area contributed by atoms with E-state index >= 15 is 0 Å². The summed E-state index contributed by atoms with van der Waals surface area (Å²) in [5, 5.41) is 7.50. The number of para-hydroxylation sites is 2. The van der Waals surface area contributed by atoms with Crippen molar-refractivity contribution in [1.82, 2.24) is 14.6 Å². The average Bonchev–Trinajstić information content (AvgIpc) is 2.98. The second-order valence-electron chi connectivity index (χ2n) is 5.38. The predicted octanol–water partition coefficient (Wildman–Crippen LogP) is 3.86. The summed E-state index contributed by atoms with van der Waals surface area (Å²) in [6, 6.07) is 17.6. The standard InChI is InChI=1S/C18H14FN5/c19-14-5-3-4-12(10-14)13-8-9-17-22-18(23-24(17)11-13)21-16-7-2-1-6-15(16)20/h1-11H,20H2,(H,21,23). The monoisotopic (exact) mass is 319 g/mol. The highest BCUT2D eigenvalue weighted by Gasteiger charge is 2.07. The molecule has 2 heterocycles. The molecule has 6 heteroatoms. The van der Waals surface area contributed by atoms with E-state index in [1.54, 1.807) is 16.6 Å². The molecule has 0 saturated carbocycles. The first kappa shape index (κ1) is 14.2. The molecule has 0 aliphatic heterocycles. The molecule has 0 spiro atoms. The second-order valence-corrected chi connectivity index (χ2v) is 5.38. The second kappa shape index (κ2) is 5.66. The van der Waals surface area contributed by atoms with Crippen molar-refractivity contribution in [2.75, 3.05) is 11.1 Å². The molecule has 4 aromatic rings. The highest BCUT2D eigenvalue weighted by molar-refractivity contribution is 5.71. The van der Waals surface area contributed by atoms with Crippen molar-refractivity contribution >= 4 is 23.0 Å². The van der Waals surface area contributed by atoms with E-state index in [0.29, 0.717) is 17.3 Å². The molecule has 0 saturated heterocycles. The number of nitrogens with zero attached hydrogens (tertiary/aromatic N) is 3. The van der Waals surface area contributed by atoms with Crippen LogP contribution in [0.25, 0.3) is 16.8 Å². The van der Waals surface area contributed by atoms with Crippen LogP contribution >= 0.6 is 0 Å². The maximum Gasteiger partial charge on any atom is 0.247 e. The Hall–Kier alpha value is -3.41. The van der Waals surface area contributed by atoms with Gasteiger partial charge < -0.3 is 11.1 Å². The summed E-state index contributed by atoms with van der Waals surface area (Å²) in [6.07, 6.45) is 1.82. The van der Waals surface area contributed by atoms with E-state index in [9.17, 15) is 4.39 Å². The van der Waals surface area contributed by atoms with Crippen LogP contribution in [0.15, 0.2) is 66.9 Å². The van der Waals surface area contributed by atoms with Crippen molar-refractivity contribution in [1.29, 1.82) is 0 Å². The summed E-state index contributed by atoms with van der Waals surface area (Å²) in [7, 11) is 0. The smallest absolute Gasteiger partial charge is 0.247 e. The molecule has 0 radical (unpaired) electrons. The molecule has 2 aromatic heterocycles. The SMILES string of the molecule is Nc1ccccc1Nc1nc2ccc(-c3cccc(F)c3)cn2n1. The molecule has 0 aliphatic carbocycles. The Bertz CT molecular complexity index is 1020. The van der Waals surface area contributed by atoms with Crippen molar-refractivity contribution in [3.8, 4) is 11.1 Å². The van der Waals surface area contributed by atoms with Crippen LogP contribution in [-0.2, 0) is 0 Å². The van der Waals surface area contributed by atoms with Crippen LogP contribution in [0.4, 0.5) is 21.7 Å². The Morgan fingerprint density at radius 1 is 0.958 bits per heavy atom. The van der Waals surface area contributed by atoms with E-state index in [2.05, 4.69) is 15.4 Å². The Kier molecular flexibility index (Phi) is 3.35. The first-order valence-electron chi connectivity index (χ1n) is 7.43. The van der Waals surface area contributed by atoms with Crippen LogP contribution in [0, 0.1) is 5.82 Å². The molecule has 5 nitrogen and oxygen atoms in total. The molecule has 2 aromatic carbocycles. The topological polar surface area (TPSA) is 68.2 Å². The van der Waals surface area contributed by atoms with Crippen molar-refractivity contribution in [3.05, 3.63) is 72.7 Å². The molecule has 4 rings (SSSR count). The van der Waals surface area contributed by atoms with Crippen molar-refractivity contribution in [2.45, 2.75) is 0 Å². The third kappa shape index (κ3) is 2.65. The number of aromatic nitrogens is 3. The van der Waals surface area contributed by atoms with Gasteiger partial charge in [-0.3, -0.25) is 0 Å². The molecule has 24 heavy (non-hydrogen) atoms. The molecule has 0 fully saturated rings. The Labute approximate surface area is 137 Å². The molecule has 0 amide bonds. The Morgan fingerprint density at radius 2 is 1.83 bits per heavy atom. The summed E-state index contributed by atoms with van der Waals surface area (Å²) in [5.74, 6) is 0.178. The number of anilines is 3. The Balaban J connectivity index is 1.70. The van der Waals surface area contributed by atoms with Gasteiger partial charge >= 0.3 is 0 Å². The lowest BCUT2D eigenvalue weighted by Crippen LogP contribution is -1.97. The number of fused-ring (bicyclic) bond motifs is 1. The quantitative estimate of drug-likeness (QED) is 0.563. The number of nitrogen functional groups attached to an aromatic ring is 1. The number of nitrogens with two attached hydrogens (primary N) is 1. The zero-order chi connectivity index (χ0) is 16.5. The minimum atomic E-state index is -0.270. The van der Waals surface area contributed by atoms with Gasteiger partial charge in [0, 0.05) is 11.8 Å². The maximum absolute atomic E-state index is 13.4.